The number of nitrogens with zero attached hydrogens (tertiary/aromatic N) is 1. The fourth-order valence-corrected chi connectivity index (χ4v) is 0.0954. The Morgan fingerprint density at radius 2 is 2.33 bits per heavy atom. The Hall–Kier alpha value is -0.610. The van der Waals surface area contributed by atoms with E-state index >= 15 is 0 Å². The molecule has 0 saturated heterocycles. The van der Waals surface area contributed by atoms with Crippen LogP contribution in [0.1, 0.15) is 0 Å². The van der Waals surface area contributed by atoms with Crippen LogP contribution in [0, 0.1) is 0 Å². The van der Waals surface area contributed by atoms with Gasteiger partial charge in [0.2, 0.25) is 0 Å². The summed E-state index contributed by atoms with van der Waals surface area (Å²) >= 11 is 0. The highest BCUT2D eigenvalue weighted by Crippen LogP contribution is 1.31. The Labute approximate surface area is 36.6 Å². The smallest absolute Gasteiger partial charge is 0.0121 e. The van der Waals surface area contributed by atoms with E-state index in [0.717, 1.165) is 0 Å². The van der Waals surface area contributed by atoms with Gasteiger partial charge >= 0.3 is 0 Å². The highest BCUT2D eigenvalue weighted by Gasteiger charge is 1.58. The van der Waals surface area contributed by atoms with Crippen LogP contribution in [0.4, 0.5) is 0 Å². The molecule has 0 aliphatic carbocycles. The molecule has 0 heterocycles. The molecular weight excluding hydrogens is 80.0 g/mol. The van der Waals surface area contributed by atoms with Crippen LogP contribution in [0.25, 0.3) is 0 Å². The molecule has 36 valence electrons. The molecule has 0 saturated carbocycles. The Balaban J connectivity index is 2.49. The Morgan fingerprint density at radius 3 is 2.50 bits per heavy atom. The van der Waals surface area contributed by atoms with Gasteiger partial charge in [-0.2, -0.15) is 10.6 Å². The van der Waals surface area contributed by atoms with Crippen molar-refractivity contribution < 1.29 is 0 Å². The molecule has 0 aromatic heterocycles. The first-order chi connectivity index (χ1) is 2.91. The van der Waals surface area contributed by atoms with Crippen LogP contribution < -0.4 is 16.5 Å². The predicted octanol–water partition coefficient (Wildman–Crippen LogP) is -1.17. The van der Waals surface area contributed by atoms with E-state index in [0.29, 0.717) is 0 Å². The molecular formula is C2H8N4. The van der Waals surface area contributed by atoms with Crippen molar-refractivity contribution in [1.29, 1.82) is 0 Å². The standard InChI is InChI=1S/C2H8N4/c1-3-5-6-4-2/h4-6H,1H2,2H3. The van der Waals surface area contributed by atoms with Crippen molar-refractivity contribution in [3.63, 3.8) is 0 Å². The second-order valence-electron chi connectivity index (χ2n) is 0.645. The number of hydrogen-bond acceptors (Lipinski definition) is 4. The van der Waals surface area contributed by atoms with Gasteiger partial charge in [0, 0.05) is 13.8 Å². The van der Waals surface area contributed by atoms with Gasteiger partial charge in [-0.3, -0.25) is 0 Å². The monoisotopic (exact) mass is 88.1 g/mol. The molecule has 0 atom stereocenters. The number of nitrogens with one attached hydrogen (secondary N) is 3. The van der Waals surface area contributed by atoms with Crippen molar-refractivity contribution in [2.45, 2.75) is 0 Å². The summed E-state index contributed by atoms with van der Waals surface area (Å²) in [6, 6.07) is 0. The molecule has 0 amide bonds. The Bertz CT molecular complexity index is 34.5. The zero-order chi connectivity index (χ0) is 4.83. The van der Waals surface area contributed by atoms with E-state index in [1.807, 2.05) is 0 Å². The van der Waals surface area contributed by atoms with Crippen LogP contribution in [0.5, 0.6) is 0 Å². The minimum atomic E-state index is 1.72. The van der Waals surface area contributed by atoms with Crippen LogP contribution in [-0.4, -0.2) is 13.8 Å². The molecule has 0 aliphatic heterocycles. The molecule has 4 nitrogen and oxygen atoms in total. The van der Waals surface area contributed by atoms with Crippen LogP contribution in [0.15, 0.2) is 5.10 Å². The number of hydrogen-bond donors (Lipinski definition) is 3. The molecule has 0 bridgehead atoms. The second kappa shape index (κ2) is 4.39. The summed E-state index contributed by atoms with van der Waals surface area (Å²) in [5.41, 5.74) is 7.39. The zero-order valence-electron chi connectivity index (χ0n) is 3.65. The van der Waals surface area contributed by atoms with Gasteiger partial charge in [0.1, 0.15) is 0 Å². The van der Waals surface area contributed by atoms with Crippen LogP contribution in [0.3, 0.4) is 0 Å². The molecule has 0 spiro atoms. The molecule has 0 rings (SSSR count). The van der Waals surface area contributed by atoms with Gasteiger partial charge in [-0.15, -0.1) is 0 Å². The summed E-state index contributed by atoms with van der Waals surface area (Å²) in [5.74, 6) is 0. The first-order valence-corrected chi connectivity index (χ1v) is 1.54. The predicted molar refractivity (Wildman–Crippen MR) is 24.9 cm³/mol. The molecule has 0 aromatic carbocycles. The van der Waals surface area contributed by atoms with Gasteiger partial charge in [-0.25, -0.2) is 11.0 Å². The highest BCUT2D eigenvalue weighted by molar-refractivity contribution is 5.21. The van der Waals surface area contributed by atoms with Crippen molar-refractivity contribution >= 4 is 6.72 Å². The number of rotatable bonds is 3. The fourth-order valence-electron chi connectivity index (χ4n) is 0.0954. The third kappa shape index (κ3) is 3.39. The maximum Gasteiger partial charge on any atom is 0.0121 e. The van der Waals surface area contributed by atoms with Gasteiger partial charge in [-0.1, -0.05) is 0 Å². The molecule has 0 unspecified atom stereocenters. The maximum atomic E-state index is 3.25. The van der Waals surface area contributed by atoms with Crippen molar-refractivity contribution in [1.82, 2.24) is 16.5 Å². The number of hydrazine groups is 2. The third-order valence-corrected chi connectivity index (χ3v) is 0.260. The molecule has 3 N–H and O–H groups in total. The first kappa shape index (κ1) is 5.39. The fraction of sp³-hybridized carbons (Fsp3) is 0.500. The van der Waals surface area contributed by atoms with E-state index in [4.69, 9.17) is 0 Å². The third-order valence-electron chi connectivity index (χ3n) is 0.260. The Kier molecular flexibility index (Phi) is 3.94. The Morgan fingerprint density at radius 1 is 1.67 bits per heavy atom. The summed E-state index contributed by atoms with van der Waals surface area (Å²) in [6.45, 7) is 3.13. The second-order valence-corrected chi connectivity index (χ2v) is 0.645. The van der Waals surface area contributed by atoms with Crippen LogP contribution in [-0.2, 0) is 0 Å². The molecule has 0 aliphatic rings. The van der Waals surface area contributed by atoms with E-state index < -0.39 is 0 Å². The lowest BCUT2D eigenvalue weighted by atomic mass is 11.5. The molecule has 0 aromatic rings. The van der Waals surface area contributed by atoms with E-state index in [9.17, 15) is 0 Å². The zero-order valence-corrected chi connectivity index (χ0v) is 3.65. The average molecular weight is 88.1 g/mol. The van der Waals surface area contributed by atoms with Crippen molar-refractivity contribution in [3.8, 4) is 0 Å². The average Bonchev–Trinajstić information content (AvgIpc) is 1.61. The maximum absolute atomic E-state index is 3.25. The molecule has 4 heteroatoms. The van der Waals surface area contributed by atoms with Gasteiger partial charge in [0.05, 0.1) is 0 Å². The van der Waals surface area contributed by atoms with E-state index in [2.05, 4.69) is 28.3 Å². The van der Waals surface area contributed by atoms with Crippen molar-refractivity contribution in [3.05, 3.63) is 0 Å². The summed E-state index contributed by atoms with van der Waals surface area (Å²) < 4.78 is 0. The lowest BCUT2D eigenvalue weighted by Crippen LogP contribution is -2.36. The minimum Gasteiger partial charge on any atom is -0.242 e. The van der Waals surface area contributed by atoms with Crippen molar-refractivity contribution in [2.75, 3.05) is 7.05 Å². The summed E-state index contributed by atoms with van der Waals surface area (Å²) in [5, 5.41) is 3.25. The van der Waals surface area contributed by atoms with E-state index in [1.165, 1.54) is 0 Å². The van der Waals surface area contributed by atoms with Crippen LogP contribution >= 0.6 is 0 Å². The first-order valence-electron chi connectivity index (χ1n) is 1.54. The van der Waals surface area contributed by atoms with Gasteiger partial charge < -0.3 is 0 Å². The quantitative estimate of drug-likeness (QED) is 0.231. The van der Waals surface area contributed by atoms with Gasteiger partial charge in [0.15, 0.2) is 0 Å². The lowest BCUT2D eigenvalue weighted by Gasteiger charge is -1.94. The summed E-state index contributed by atoms with van der Waals surface area (Å²) in [7, 11) is 1.72. The largest absolute Gasteiger partial charge is 0.242 e. The minimum absolute atomic E-state index is 1.72. The van der Waals surface area contributed by atoms with Crippen LogP contribution in [0.2, 0.25) is 0 Å². The molecule has 0 fully saturated rings. The molecule has 0 radical (unpaired) electrons. The number of hydrazone groups is 1. The van der Waals surface area contributed by atoms with Gasteiger partial charge in [0.25, 0.3) is 0 Å². The normalized spacial score (nSPS) is 7.50. The van der Waals surface area contributed by atoms with E-state index in [-0.39, 0.29) is 0 Å². The van der Waals surface area contributed by atoms with Crippen molar-refractivity contribution in [2.24, 2.45) is 5.10 Å². The van der Waals surface area contributed by atoms with Gasteiger partial charge in [-0.05, 0) is 0 Å². The molecule has 6 heavy (non-hydrogen) atoms. The SMILES string of the molecule is C=NNNNC. The highest BCUT2D eigenvalue weighted by atomic mass is 15.7. The lowest BCUT2D eigenvalue weighted by molar-refractivity contribution is 0.490. The topological polar surface area (TPSA) is 48.5 Å². The summed E-state index contributed by atoms with van der Waals surface area (Å²) in [6.07, 6.45) is 0. The van der Waals surface area contributed by atoms with E-state index in [1.54, 1.807) is 7.05 Å². The summed E-state index contributed by atoms with van der Waals surface area (Å²) in [4.78, 5) is 0.